The highest BCUT2D eigenvalue weighted by molar-refractivity contribution is 14.1. The van der Waals surface area contributed by atoms with Gasteiger partial charge in [-0.05, 0) is 50.3 Å². The largest absolute Gasteiger partial charge is 0.228 e. The maximum atomic E-state index is 2.50. The molecule has 1 saturated heterocycles. The second kappa shape index (κ2) is 6.35. The SMILES string of the molecule is Cc1cc(C)c(CN2CCCCCN2I)c(C)c1. The molecular formula is C15H23IN2. The highest BCUT2D eigenvalue weighted by atomic mass is 127. The Kier molecular flexibility index (Phi) is 5.04. The van der Waals surface area contributed by atoms with Crippen molar-refractivity contribution in [1.82, 2.24) is 8.23 Å². The van der Waals surface area contributed by atoms with E-state index >= 15 is 0 Å². The number of nitrogens with zero attached hydrogens (tertiary/aromatic N) is 2. The van der Waals surface area contributed by atoms with E-state index in [4.69, 9.17) is 0 Å². The van der Waals surface area contributed by atoms with Crippen molar-refractivity contribution < 1.29 is 0 Å². The molecular weight excluding hydrogens is 335 g/mol. The standard InChI is InChI=1S/C15H23IN2/c1-12-9-13(2)15(14(3)10-12)11-17-7-5-4-6-8-18(17)16/h9-10H,4-8,11H2,1-3H3. The first-order chi connectivity index (χ1) is 8.58. The smallest absolute Gasteiger partial charge is 0.0397 e. The van der Waals surface area contributed by atoms with Crippen LogP contribution in [0.25, 0.3) is 0 Å². The van der Waals surface area contributed by atoms with Gasteiger partial charge in [-0.25, -0.2) is 5.01 Å². The van der Waals surface area contributed by atoms with E-state index in [-0.39, 0.29) is 0 Å². The van der Waals surface area contributed by atoms with E-state index in [0.717, 1.165) is 6.54 Å². The number of hydrogen-bond donors (Lipinski definition) is 0. The van der Waals surface area contributed by atoms with Crippen molar-refractivity contribution in [3.8, 4) is 0 Å². The lowest BCUT2D eigenvalue weighted by molar-refractivity contribution is 0.0936. The van der Waals surface area contributed by atoms with E-state index in [1.165, 1.54) is 54.6 Å². The molecule has 0 N–H and O–H groups in total. The second-order valence-corrected chi connectivity index (χ2v) is 6.50. The van der Waals surface area contributed by atoms with Gasteiger partial charge >= 0.3 is 0 Å². The van der Waals surface area contributed by atoms with Gasteiger partial charge in [0, 0.05) is 42.5 Å². The summed E-state index contributed by atoms with van der Waals surface area (Å²) in [5.41, 5.74) is 5.74. The van der Waals surface area contributed by atoms with E-state index in [1.807, 2.05) is 0 Å². The molecule has 100 valence electrons. The molecule has 2 rings (SSSR count). The normalized spacial score (nSPS) is 18.9. The first kappa shape index (κ1) is 14.3. The van der Waals surface area contributed by atoms with Crippen LogP contribution in [0.2, 0.25) is 0 Å². The molecule has 18 heavy (non-hydrogen) atoms. The molecule has 0 spiro atoms. The summed E-state index contributed by atoms with van der Waals surface area (Å²) in [5.74, 6) is 0. The lowest BCUT2D eigenvalue weighted by atomic mass is 10.00. The molecule has 1 heterocycles. The van der Waals surface area contributed by atoms with Crippen molar-refractivity contribution in [3.63, 3.8) is 0 Å². The monoisotopic (exact) mass is 358 g/mol. The predicted octanol–water partition coefficient (Wildman–Crippen LogP) is 4.16. The average molecular weight is 358 g/mol. The first-order valence-electron chi connectivity index (χ1n) is 6.83. The summed E-state index contributed by atoms with van der Waals surface area (Å²) in [7, 11) is 0. The van der Waals surface area contributed by atoms with E-state index in [0.29, 0.717) is 0 Å². The van der Waals surface area contributed by atoms with Gasteiger partial charge in [0.2, 0.25) is 0 Å². The van der Waals surface area contributed by atoms with Crippen LogP contribution in [0.15, 0.2) is 12.1 Å². The van der Waals surface area contributed by atoms with Gasteiger partial charge in [0.05, 0.1) is 0 Å². The zero-order valence-electron chi connectivity index (χ0n) is 11.7. The zero-order chi connectivity index (χ0) is 13.1. The van der Waals surface area contributed by atoms with Crippen LogP contribution in [0.3, 0.4) is 0 Å². The molecule has 1 aromatic rings. The fourth-order valence-electron chi connectivity index (χ4n) is 2.76. The van der Waals surface area contributed by atoms with Gasteiger partial charge in [0.1, 0.15) is 0 Å². The molecule has 0 atom stereocenters. The number of aryl methyl sites for hydroxylation is 3. The molecule has 0 bridgehead atoms. The van der Waals surface area contributed by atoms with Crippen LogP contribution < -0.4 is 0 Å². The van der Waals surface area contributed by atoms with E-state index < -0.39 is 0 Å². The molecule has 0 amide bonds. The molecule has 3 heteroatoms. The summed E-state index contributed by atoms with van der Waals surface area (Å²) in [6.07, 6.45) is 4.01. The van der Waals surface area contributed by atoms with Gasteiger partial charge in [-0.2, -0.15) is 3.22 Å². The summed E-state index contributed by atoms with van der Waals surface area (Å²) >= 11 is 2.46. The third-order valence-corrected chi connectivity index (χ3v) is 4.84. The number of benzene rings is 1. The van der Waals surface area contributed by atoms with Crippen molar-refractivity contribution in [2.75, 3.05) is 13.1 Å². The Balaban J connectivity index is 2.17. The van der Waals surface area contributed by atoms with E-state index in [9.17, 15) is 0 Å². The minimum atomic E-state index is 1.06. The molecule has 1 fully saturated rings. The van der Waals surface area contributed by atoms with Crippen molar-refractivity contribution in [2.24, 2.45) is 0 Å². The molecule has 1 aromatic carbocycles. The molecule has 1 aliphatic heterocycles. The summed E-state index contributed by atoms with van der Waals surface area (Å²) < 4.78 is 2.38. The Bertz CT molecular complexity index is 394. The Labute approximate surface area is 125 Å². The molecule has 0 aromatic heterocycles. The van der Waals surface area contributed by atoms with E-state index in [2.05, 4.69) is 64.0 Å². The molecule has 1 aliphatic rings. The highest BCUT2D eigenvalue weighted by Crippen LogP contribution is 2.22. The minimum Gasteiger partial charge on any atom is -0.228 e. The number of hydrazine groups is 1. The molecule has 0 saturated carbocycles. The van der Waals surface area contributed by atoms with Gasteiger partial charge in [-0.15, -0.1) is 0 Å². The van der Waals surface area contributed by atoms with Crippen LogP contribution in [0, 0.1) is 20.8 Å². The molecule has 2 nitrogen and oxygen atoms in total. The third kappa shape index (κ3) is 3.45. The maximum absolute atomic E-state index is 2.50. The number of hydrogen-bond acceptors (Lipinski definition) is 2. The van der Waals surface area contributed by atoms with Gasteiger partial charge in [0.15, 0.2) is 0 Å². The number of halogens is 1. The highest BCUT2D eigenvalue weighted by Gasteiger charge is 2.17. The van der Waals surface area contributed by atoms with Crippen LogP contribution in [0.1, 0.15) is 41.5 Å². The molecule has 0 aliphatic carbocycles. The van der Waals surface area contributed by atoms with Crippen LogP contribution in [0.5, 0.6) is 0 Å². The van der Waals surface area contributed by atoms with Crippen LogP contribution in [-0.4, -0.2) is 21.3 Å². The van der Waals surface area contributed by atoms with Crippen molar-refractivity contribution in [1.29, 1.82) is 0 Å². The summed E-state index contributed by atoms with van der Waals surface area (Å²) in [5, 5.41) is 2.50. The quantitative estimate of drug-likeness (QED) is 0.579. The van der Waals surface area contributed by atoms with Crippen LogP contribution >= 0.6 is 22.9 Å². The Morgan fingerprint density at radius 1 is 1.00 bits per heavy atom. The van der Waals surface area contributed by atoms with Gasteiger partial charge in [-0.3, -0.25) is 0 Å². The van der Waals surface area contributed by atoms with Crippen LogP contribution in [-0.2, 0) is 6.54 Å². The average Bonchev–Trinajstić information content (AvgIpc) is 2.49. The lowest BCUT2D eigenvalue weighted by Crippen LogP contribution is -2.35. The van der Waals surface area contributed by atoms with Crippen LogP contribution in [0.4, 0.5) is 0 Å². The fourth-order valence-corrected chi connectivity index (χ4v) is 3.47. The second-order valence-electron chi connectivity index (χ2n) is 5.39. The predicted molar refractivity (Wildman–Crippen MR) is 85.6 cm³/mol. The van der Waals surface area contributed by atoms with Gasteiger partial charge in [0.25, 0.3) is 0 Å². The van der Waals surface area contributed by atoms with Gasteiger partial charge in [-0.1, -0.05) is 24.1 Å². The molecule has 0 radical (unpaired) electrons. The number of rotatable bonds is 2. The summed E-state index contributed by atoms with van der Waals surface area (Å²) in [6, 6.07) is 4.61. The molecule has 0 unspecified atom stereocenters. The van der Waals surface area contributed by atoms with Crippen molar-refractivity contribution in [2.45, 2.75) is 46.6 Å². The fraction of sp³-hybridized carbons (Fsp3) is 0.600. The maximum Gasteiger partial charge on any atom is 0.0397 e. The van der Waals surface area contributed by atoms with Crippen molar-refractivity contribution >= 4 is 22.9 Å². The van der Waals surface area contributed by atoms with Gasteiger partial charge < -0.3 is 0 Å². The van der Waals surface area contributed by atoms with Crippen molar-refractivity contribution in [3.05, 3.63) is 34.4 Å². The minimum absolute atomic E-state index is 1.06. The third-order valence-electron chi connectivity index (χ3n) is 3.75. The summed E-state index contributed by atoms with van der Waals surface area (Å²) in [4.78, 5) is 0. The Morgan fingerprint density at radius 2 is 1.61 bits per heavy atom. The Morgan fingerprint density at radius 3 is 2.28 bits per heavy atom. The first-order valence-corrected chi connectivity index (χ1v) is 7.79. The Hall–Kier alpha value is -0.130. The topological polar surface area (TPSA) is 6.48 Å². The summed E-state index contributed by atoms with van der Waals surface area (Å²) in [6.45, 7) is 10.1. The zero-order valence-corrected chi connectivity index (χ0v) is 13.8. The lowest BCUT2D eigenvalue weighted by Gasteiger charge is -2.29. The van der Waals surface area contributed by atoms with E-state index in [1.54, 1.807) is 0 Å².